The summed E-state index contributed by atoms with van der Waals surface area (Å²) in [5.41, 5.74) is 1.74. The van der Waals surface area contributed by atoms with E-state index in [4.69, 9.17) is 0 Å². The van der Waals surface area contributed by atoms with Crippen LogP contribution in [0.4, 0.5) is 10.8 Å². The quantitative estimate of drug-likeness (QED) is 0.745. The Bertz CT molecular complexity index is 785. The molecule has 1 amide bonds. The van der Waals surface area contributed by atoms with Crippen LogP contribution in [0.25, 0.3) is 10.2 Å². The van der Waals surface area contributed by atoms with Gasteiger partial charge in [0.2, 0.25) is 5.91 Å². The van der Waals surface area contributed by atoms with E-state index in [1.165, 1.54) is 0 Å². The van der Waals surface area contributed by atoms with Gasteiger partial charge in [-0.15, -0.1) is 0 Å². The normalized spacial score (nSPS) is 10.6. The zero-order chi connectivity index (χ0) is 15.5. The highest BCUT2D eigenvalue weighted by Crippen LogP contribution is 2.27. The summed E-state index contributed by atoms with van der Waals surface area (Å²) in [6, 6.07) is 15.5. The molecular weight excluding hydrogens is 362 g/mol. The van der Waals surface area contributed by atoms with Gasteiger partial charge in [-0.3, -0.25) is 4.79 Å². The molecule has 0 aliphatic carbocycles. The van der Waals surface area contributed by atoms with Crippen LogP contribution in [0.1, 0.15) is 0 Å². The van der Waals surface area contributed by atoms with Gasteiger partial charge in [-0.05, 0) is 30.3 Å². The number of rotatable bonds is 4. The highest BCUT2D eigenvalue weighted by atomic mass is 79.9. The van der Waals surface area contributed by atoms with E-state index < -0.39 is 0 Å². The van der Waals surface area contributed by atoms with Gasteiger partial charge in [0.25, 0.3) is 0 Å². The zero-order valence-electron chi connectivity index (χ0n) is 11.9. The minimum absolute atomic E-state index is 0.0696. The number of amides is 1. The highest BCUT2D eigenvalue weighted by molar-refractivity contribution is 9.10. The van der Waals surface area contributed by atoms with Gasteiger partial charge in [-0.25, -0.2) is 4.98 Å². The first-order valence-corrected chi connectivity index (χ1v) is 8.35. The van der Waals surface area contributed by atoms with Gasteiger partial charge in [0.1, 0.15) is 0 Å². The average Bonchev–Trinajstić information content (AvgIpc) is 2.91. The lowest BCUT2D eigenvalue weighted by Gasteiger charge is -2.15. The van der Waals surface area contributed by atoms with E-state index >= 15 is 0 Å². The third-order valence-electron chi connectivity index (χ3n) is 3.10. The fraction of sp³-hybridized carbons (Fsp3) is 0.125. The number of thiazole rings is 1. The summed E-state index contributed by atoms with van der Waals surface area (Å²) in [4.78, 5) is 18.5. The topological polar surface area (TPSA) is 45.2 Å². The van der Waals surface area contributed by atoms with Gasteiger partial charge in [0, 0.05) is 17.2 Å². The first kappa shape index (κ1) is 15.0. The number of para-hydroxylation sites is 1. The molecule has 0 unspecified atom stereocenters. The minimum atomic E-state index is -0.0696. The van der Waals surface area contributed by atoms with Crippen LogP contribution in [0.2, 0.25) is 0 Å². The van der Waals surface area contributed by atoms with E-state index in [1.54, 1.807) is 11.3 Å². The predicted molar refractivity (Wildman–Crippen MR) is 95.7 cm³/mol. The van der Waals surface area contributed by atoms with Crippen LogP contribution in [0.15, 0.2) is 53.0 Å². The summed E-state index contributed by atoms with van der Waals surface area (Å²) in [6.45, 7) is 0.256. The van der Waals surface area contributed by atoms with Crippen molar-refractivity contribution in [3.8, 4) is 0 Å². The molecule has 0 saturated carbocycles. The maximum atomic E-state index is 12.1. The lowest BCUT2D eigenvalue weighted by molar-refractivity contribution is -0.114. The molecule has 1 heterocycles. The molecule has 0 atom stereocenters. The molecule has 0 aliphatic heterocycles. The number of carbonyl (C=O) groups is 1. The van der Waals surface area contributed by atoms with Crippen molar-refractivity contribution in [1.82, 2.24) is 4.98 Å². The molecule has 1 N–H and O–H groups in total. The van der Waals surface area contributed by atoms with Crippen molar-refractivity contribution in [2.24, 2.45) is 0 Å². The molecule has 22 heavy (non-hydrogen) atoms. The van der Waals surface area contributed by atoms with E-state index in [-0.39, 0.29) is 12.5 Å². The molecule has 0 saturated heterocycles. The molecular formula is C16H14BrN3OS. The van der Waals surface area contributed by atoms with Crippen molar-refractivity contribution in [3.05, 3.63) is 53.0 Å². The summed E-state index contributed by atoms with van der Waals surface area (Å²) in [5, 5.41) is 3.72. The van der Waals surface area contributed by atoms with Gasteiger partial charge in [0.05, 0.1) is 16.8 Å². The van der Waals surface area contributed by atoms with E-state index in [0.29, 0.717) is 0 Å². The van der Waals surface area contributed by atoms with Crippen LogP contribution in [0, 0.1) is 0 Å². The Morgan fingerprint density at radius 2 is 2.09 bits per heavy atom. The Morgan fingerprint density at radius 1 is 1.27 bits per heavy atom. The number of carbonyl (C=O) groups excluding carboxylic acids is 1. The number of hydrogen-bond donors (Lipinski definition) is 1. The Labute approximate surface area is 140 Å². The molecule has 1 aromatic heterocycles. The maximum absolute atomic E-state index is 12.1. The maximum Gasteiger partial charge on any atom is 0.243 e. The molecule has 3 aromatic rings. The van der Waals surface area contributed by atoms with Gasteiger partial charge in [-0.1, -0.05) is 45.5 Å². The van der Waals surface area contributed by atoms with E-state index in [9.17, 15) is 4.79 Å². The van der Waals surface area contributed by atoms with Crippen LogP contribution in [0.3, 0.4) is 0 Å². The smallest absolute Gasteiger partial charge is 0.243 e. The standard InChI is InChI=1S/C16H14BrN3OS/c1-20(16-19-13-7-2-3-8-14(13)22-16)10-15(21)18-12-6-4-5-11(17)9-12/h2-9H,10H2,1H3,(H,18,21). The molecule has 0 fully saturated rings. The van der Waals surface area contributed by atoms with Crippen molar-refractivity contribution in [2.45, 2.75) is 0 Å². The van der Waals surface area contributed by atoms with Crippen LogP contribution in [0.5, 0.6) is 0 Å². The number of anilines is 2. The molecule has 112 valence electrons. The number of halogens is 1. The summed E-state index contributed by atoms with van der Waals surface area (Å²) in [5.74, 6) is -0.0696. The van der Waals surface area contributed by atoms with Gasteiger partial charge < -0.3 is 10.2 Å². The van der Waals surface area contributed by atoms with Crippen LogP contribution < -0.4 is 10.2 Å². The van der Waals surface area contributed by atoms with Crippen molar-refractivity contribution in [1.29, 1.82) is 0 Å². The SMILES string of the molecule is CN(CC(=O)Nc1cccc(Br)c1)c1nc2ccccc2s1. The van der Waals surface area contributed by atoms with Crippen molar-refractivity contribution < 1.29 is 4.79 Å². The van der Waals surface area contributed by atoms with E-state index in [2.05, 4.69) is 26.2 Å². The van der Waals surface area contributed by atoms with Crippen molar-refractivity contribution in [2.75, 3.05) is 23.8 Å². The van der Waals surface area contributed by atoms with Crippen LogP contribution in [-0.4, -0.2) is 24.5 Å². The summed E-state index contributed by atoms with van der Waals surface area (Å²) in [6.07, 6.45) is 0. The van der Waals surface area contributed by atoms with Crippen LogP contribution >= 0.6 is 27.3 Å². The second kappa shape index (κ2) is 6.46. The number of likely N-dealkylation sites (N-methyl/N-ethyl adjacent to an activating group) is 1. The number of nitrogens with zero attached hydrogens (tertiary/aromatic N) is 2. The first-order valence-electron chi connectivity index (χ1n) is 6.74. The van der Waals surface area contributed by atoms with Crippen molar-refractivity contribution >= 4 is 54.2 Å². The zero-order valence-corrected chi connectivity index (χ0v) is 14.3. The summed E-state index contributed by atoms with van der Waals surface area (Å²) < 4.78 is 2.06. The molecule has 0 radical (unpaired) electrons. The number of fused-ring (bicyclic) bond motifs is 1. The summed E-state index contributed by atoms with van der Waals surface area (Å²) >= 11 is 4.97. The third-order valence-corrected chi connectivity index (χ3v) is 4.74. The van der Waals surface area contributed by atoms with Gasteiger partial charge in [-0.2, -0.15) is 0 Å². The fourth-order valence-electron chi connectivity index (χ4n) is 2.07. The average molecular weight is 376 g/mol. The molecule has 4 nitrogen and oxygen atoms in total. The van der Waals surface area contributed by atoms with E-state index in [0.717, 1.165) is 25.5 Å². The number of nitrogens with one attached hydrogen (secondary N) is 1. The largest absolute Gasteiger partial charge is 0.342 e. The number of hydrogen-bond acceptors (Lipinski definition) is 4. The monoisotopic (exact) mass is 375 g/mol. The molecule has 3 rings (SSSR count). The molecule has 2 aromatic carbocycles. The molecule has 0 bridgehead atoms. The van der Waals surface area contributed by atoms with E-state index in [1.807, 2.05) is 60.5 Å². The predicted octanol–water partition coefficient (Wildman–Crippen LogP) is 4.13. The van der Waals surface area contributed by atoms with Crippen LogP contribution in [-0.2, 0) is 4.79 Å². The Hall–Kier alpha value is -1.92. The molecule has 0 spiro atoms. The van der Waals surface area contributed by atoms with Crippen molar-refractivity contribution in [3.63, 3.8) is 0 Å². The second-order valence-corrected chi connectivity index (χ2v) is 6.80. The molecule has 0 aliphatic rings. The molecule has 6 heteroatoms. The third kappa shape index (κ3) is 3.45. The Kier molecular flexibility index (Phi) is 4.40. The highest BCUT2D eigenvalue weighted by Gasteiger charge is 2.12. The summed E-state index contributed by atoms with van der Waals surface area (Å²) in [7, 11) is 1.87. The number of benzene rings is 2. The number of aromatic nitrogens is 1. The second-order valence-electron chi connectivity index (χ2n) is 4.88. The minimum Gasteiger partial charge on any atom is -0.342 e. The van der Waals surface area contributed by atoms with Gasteiger partial charge in [0.15, 0.2) is 5.13 Å². The Morgan fingerprint density at radius 3 is 2.86 bits per heavy atom. The van der Waals surface area contributed by atoms with Gasteiger partial charge >= 0.3 is 0 Å². The lowest BCUT2D eigenvalue weighted by Crippen LogP contribution is -2.29. The lowest BCUT2D eigenvalue weighted by atomic mass is 10.3. The fourth-order valence-corrected chi connectivity index (χ4v) is 3.40. The first-order chi connectivity index (χ1) is 10.6. The Balaban J connectivity index is 1.68.